The first-order valence-corrected chi connectivity index (χ1v) is 5.89. The van der Waals surface area contributed by atoms with Crippen molar-refractivity contribution in [3.8, 4) is 6.07 Å². The number of nitrogens with zero attached hydrogens (tertiary/aromatic N) is 2. The minimum atomic E-state index is -0.668. The molecular weight excluding hydrogens is 278 g/mol. The Hall–Kier alpha value is -3.01. The molecule has 7 heteroatoms. The Bertz CT molecular complexity index is 740. The zero-order valence-corrected chi connectivity index (χ0v) is 10.9. The van der Waals surface area contributed by atoms with Crippen molar-refractivity contribution in [2.24, 2.45) is 0 Å². The molecule has 1 aromatic heterocycles. The highest BCUT2D eigenvalue weighted by atomic mass is 19.1. The number of benzene rings is 1. The number of nitrogens with one attached hydrogen (secondary N) is 2. The summed E-state index contributed by atoms with van der Waals surface area (Å²) in [5.41, 5.74) is 0.0830. The van der Waals surface area contributed by atoms with Crippen molar-refractivity contribution < 1.29 is 13.6 Å². The molecule has 2 N–H and O–H groups in total. The number of rotatable bonds is 3. The summed E-state index contributed by atoms with van der Waals surface area (Å²) in [7, 11) is 1.54. The standard InChI is InChI=1S/C14H10F2N4O/c1-18-13-11(5-10(16)7-19-13)14(21)20-12-3-2-9(15)4-8(12)6-17/h2-5,7H,1H3,(H,18,19)(H,20,21). The Balaban J connectivity index is 2.35. The monoisotopic (exact) mass is 288 g/mol. The summed E-state index contributed by atoms with van der Waals surface area (Å²) in [6.07, 6.45) is 0.973. The van der Waals surface area contributed by atoms with E-state index in [1.54, 1.807) is 6.07 Å². The molecule has 1 heterocycles. The quantitative estimate of drug-likeness (QED) is 0.909. The molecule has 0 bridgehead atoms. The molecule has 106 valence electrons. The number of aromatic nitrogens is 1. The van der Waals surface area contributed by atoms with Gasteiger partial charge in [0.05, 0.1) is 23.0 Å². The molecule has 1 amide bonds. The third-order valence-corrected chi connectivity index (χ3v) is 2.69. The maximum Gasteiger partial charge on any atom is 0.259 e. The summed E-state index contributed by atoms with van der Waals surface area (Å²) in [6, 6.07) is 6.16. The Morgan fingerprint density at radius 2 is 2.05 bits per heavy atom. The van der Waals surface area contributed by atoms with Crippen molar-refractivity contribution >= 4 is 17.4 Å². The Kier molecular flexibility index (Phi) is 4.09. The fourth-order valence-electron chi connectivity index (χ4n) is 1.72. The van der Waals surface area contributed by atoms with Crippen LogP contribution in [-0.4, -0.2) is 17.9 Å². The minimum Gasteiger partial charge on any atom is -0.372 e. The first kappa shape index (κ1) is 14.4. The van der Waals surface area contributed by atoms with Gasteiger partial charge in [0, 0.05) is 7.05 Å². The summed E-state index contributed by atoms with van der Waals surface area (Å²) >= 11 is 0. The molecule has 0 unspecified atom stereocenters. The molecule has 0 saturated carbocycles. The molecule has 0 saturated heterocycles. The van der Waals surface area contributed by atoms with Gasteiger partial charge in [-0.25, -0.2) is 13.8 Å². The van der Waals surface area contributed by atoms with Crippen molar-refractivity contribution in [1.82, 2.24) is 4.98 Å². The first-order valence-electron chi connectivity index (χ1n) is 5.89. The van der Waals surface area contributed by atoms with E-state index in [0.717, 1.165) is 24.4 Å². The van der Waals surface area contributed by atoms with Gasteiger partial charge in [0.1, 0.15) is 23.5 Å². The molecule has 0 atom stereocenters. The van der Waals surface area contributed by atoms with E-state index >= 15 is 0 Å². The van der Waals surface area contributed by atoms with Crippen LogP contribution >= 0.6 is 0 Å². The van der Waals surface area contributed by atoms with Crippen LogP contribution in [0.4, 0.5) is 20.3 Å². The number of hydrogen-bond acceptors (Lipinski definition) is 4. The van der Waals surface area contributed by atoms with Gasteiger partial charge in [-0.15, -0.1) is 0 Å². The first-order chi connectivity index (χ1) is 10.0. The fourth-order valence-corrected chi connectivity index (χ4v) is 1.72. The van der Waals surface area contributed by atoms with Crippen molar-refractivity contribution in [2.45, 2.75) is 0 Å². The van der Waals surface area contributed by atoms with E-state index in [-0.39, 0.29) is 22.6 Å². The molecule has 0 aliphatic heterocycles. The summed E-state index contributed by atoms with van der Waals surface area (Å²) in [6.45, 7) is 0. The van der Waals surface area contributed by atoms with E-state index in [1.165, 1.54) is 13.1 Å². The van der Waals surface area contributed by atoms with Crippen LogP contribution in [0.1, 0.15) is 15.9 Å². The molecule has 2 aromatic rings. The van der Waals surface area contributed by atoms with Gasteiger partial charge >= 0.3 is 0 Å². The lowest BCUT2D eigenvalue weighted by molar-refractivity contribution is 0.102. The maximum atomic E-state index is 13.2. The molecule has 1 aromatic carbocycles. The smallest absolute Gasteiger partial charge is 0.259 e. The second-order valence-electron chi connectivity index (χ2n) is 4.06. The predicted octanol–water partition coefficient (Wildman–Crippen LogP) is 2.53. The van der Waals surface area contributed by atoms with E-state index in [2.05, 4.69) is 15.6 Å². The molecule has 0 aliphatic carbocycles. The highest BCUT2D eigenvalue weighted by molar-refractivity contribution is 6.07. The van der Waals surface area contributed by atoms with Crippen LogP contribution in [0.2, 0.25) is 0 Å². The second-order valence-corrected chi connectivity index (χ2v) is 4.06. The molecule has 0 spiro atoms. The fraction of sp³-hybridized carbons (Fsp3) is 0.0714. The molecule has 0 radical (unpaired) electrons. The van der Waals surface area contributed by atoms with Gasteiger partial charge in [-0.2, -0.15) is 5.26 Å². The Labute approximate surface area is 119 Å². The molecule has 0 fully saturated rings. The van der Waals surface area contributed by atoms with E-state index in [9.17, 15) is 13.6 Å². The van der Waals surface area contributed by atoms with E-state index in [4.69, 9.17) is 5.26 Å². The van der Waals surface area contributed by atoms with Gasteiger partial charge < -0.3 is 10.6 Å². The lowest BCUT2D eigenvalue weighted by Crippen LogP contribution is -2.16. The molecular formula is C14H10F2N4O. The zero-order valence-electron chi connectivity index (χ0n) is 10.9. The number of amides is 1. The third-order valence-electron chi connectivity index (χ3n) is 2.69. The van der Waals surface area contributed by atoms with Crippen molar-refractivity contribution in [3.63, 3.8) is 0 Å². The number of carbonyl (C=O) groups is 1. The van der Waals surface area contributed by atoms with E-state index in [1.807, 2.05) is 0 Å². The molecule has 5 nitrogen and oxygen atoms in total. The summed E-state index contributed by atoms with van der Waals surface area (Å²) in [5.74, 6) is -1.73. The summed E-state index contributed by atoms with van der Waals surface area (Å²) in [4.78, 5) is 15.9. The van der Waals surface area contributed by atoms with Crippen molar-refractivity contribution in [1.29, 1.82) is 5.26 Å². The highest BCUT2D eigenvalue weighted by Gasteiger charge is 2.15. The largest absolute Gasteiger partial charge is 0.372 e. The van der Waals surface area contributed by atoms with Gasteiger partial charge in [-0.1, -0.05) is 0 Å². The number of pyridine rings is 1. The van der Waals surface area contributed by atoms with Gasteiger partial charge in [-0.05, 0) is 24.3 Å². The normalized spacial score (nSPS) is 9.81. The number of nitriles is 1. The average molecular weight is 288 g/mol. The van der Waals surface area contributed by atoms with Crippen LogP contribution in [0.3, 0.4) is 0 Å². The van der Waals surface area contributed by atoms with Crippen molar-refractivity contribution in [2.75, 3.05) is 17.7 Å². The van der Waals surface area contributed by atoms with Crippen LogP contribution in [0, 0.1) is 23.0 Å². The topological polar surface area (TPSA) is 77.8 Å². The van der Waals surface area contributed by atoms with Crippen LogP contribution in [-0.2, 0) is 0 Å². The zero-order chi connectivity index (χ0) is 15.4. The number of anilines is 2. The number of halogens is 2. The average Bonchev–Trinajstić information content (AvgIpc) is 2.48. The van der Waals surface area contributed by atoms with Crippen LogP contribution < -0.4 is 10.6 Å². The summed E-state index contributed by atoms with van der Waals surface area (Å²) in [5, 5.41) is 14.0. The third kappa shape index (κ3) is 3.12. The van der Waals surface area contributed by atoms with Crippen LogP contribution in [0.5, 0.6) is 0 Å². The lowest BCUT2D eigenvalue weighted by atomic mass is 10.1. The SMILES string of the molecule is CNc1ncc(F)cc1C(=O)Nc1ccc(F)cc1C#N. The minimum absolute atomic E-state index is 0.0225. The molecule has 2 rings (SSSR count). The summed E-state index contributed by atoms with van der Waals surface area (Å²) < 4.78 is 26.2. The number of carbonyl (C=O) groups excluding carboxylic acids is 1. The van der Waals surface area contributed by atoms with Crippen LogP contribution in [0.25, 0.3) is 0 Å². The highest BCUT2D eigenvalue weighted by Crippen LogP contribution is 2.19. The van der Waals surface area contributed by atoms with Crippen molar-refractivity contribution in [3.05, 3.63) is 53.2 Å². The van der Waals surface area contributed by atoms with Gasteiger partial charge in [0.15, 0.2) is 0 Å². The lowest BCUT2D eigenvalue weighted by Gasteiger charge is -2.10. The maximum absolute atomic E-state index is 13.2. The Morgan fingerprint density at radius 1 is 1.29 bits per heavy atom. The van der Waals surface area contributed by atoms with Gasteiger partial charge in [-0.3, -0.25) is 4.79 Å². The van der Waals surface area contributed by atoms with Crippen LogP contribution in [0.15, 0.2) is 30.5 Å². The predicted molar refractivity (Wildman–Crippen MR) is 72.8 cm³/mol. The Morgan fingerprint density at radius 3 is 2.71 bits per heavy atom. The van der Waals surface area contributed by atoms with Gasteiger partial charge in [0.25, 0.3) is 5.91 Å². The molecule has 0 aliphatic rings. The number of hydrogen-bond donors (Lipinski definition) is 2. The van der Waals surface area contributed by atoms with E-state index in [0.29, 0.717) is 0 Å². The van der Waals surface area contributed by atoms with E-state index < -0.39 is 17.5 Å². The van der Waals surface area contributed by atoms with Gasteiger partial charge in [0.2, 0.25) is 0 Å². The molecule has 21 heavy (non-hydrogen) atoms. The second kappa shape index (κ2) is 5.96.